The van der Waals surface area contributed by atoms with Gasteiger partial charge in [-0.05, 0) is 42.7 Å². The maximum Gasteiger partial charge on any atom is 0.226 e. The molecule has 0 fully saturated rings. The molecule has 0 bridgehead atoms. The van der Waals surface area contributed by atoms with Crippen LogP contribution < -0.4 is 10.6 Å². The van der Waals surface area contributed by atoms with Crippen LogP contribution in [0.15, 0.2) is 28.7 Å². The Morgan fingerprint density at radius 2 is 1.92 bits per heavy atom. The van der Waals surface area contributed by atoms with E-state index in [4.69, 9.17) is 0 Å². The van der Waals surface area contributed by atoms with Gasteiger partial charge in [0.1, 0.15) is 11.6 Å². The van der Waals surface area contributed by atoms with Crippen LogP contribution in [0.1, 0.15) is 37.1 Å². The van der Waals surface area contributed by atoms with Crippen molar-refractivity contribution < 1.29 is 4.79 Å². The molecule has 2 N–H and O–H groups in total. The summed E-state index contributed by atoms with van der Waals surface area (Å²) in [6.07, 6.45) is 1.72. The molecule has 0 atom stereocenters. The highest BCUT2D eigenvalue weighted by atomic mass is 79.9. The van der Waals surface area contributed by atoms with Gasteiger partial charge in [-0.1, -0.05) is 29.8 Å². The Balaban J connectivity index is 1.96. The van der Waals surface area contributed by atoms with Crippen molar-refractivity contribution in [2.75, 3.05) is 17.2 Å². The first-order valence-corrected chi connectivity index (χ1v) is 8.96. The summed E-state index contributed by atoms with van der Waals surface area (Å²) in [6.45, 7) is 4.36. The molecule has 130 valence electrons. The van der Waals surface area contributed by atoms with Gasteiger partial charge in [0.05, 0.1) is 5.69 Å². The molecule has 1 aromatic heterocycles. The Bertz CT molecular complexity index is 783. The number of halogens is 1. The topological polar surface area (TPSA) is 90.7 Å². The van der Waals surface area contributed by atoms with E-state index in [-0.39, 0.29) is 12.3 Å². The molecule has 0 saturated heterocycles. The molecule has 25 heavy (non-hydrogen) atoms. The first kappa shape index (κ1) is 18.9. The Kier molecular flexibility index (Phi) is 6.90. The maximum absolute atomic E-state index is 12.0. The highest BCUT2D eigenvalue weighted by Gasteiger charge is 2.14. The largest absolute Gasteiger partial charge is 0.367 e. The van der Waals surface area contributed by atoms with Crippen LogP contribution >= 0.6 is 15.9 Å². The van der Waals surface area contributed by atoms with Gasteiger partial charge in [-0.3, -0.25) is 4.79 Å². The minimum absolute atomic E-state index is 0.109. The van der Waals surface area contributed by atoms with Crippen LogP contribution in [0.3, 0.4) is 0 Å². The minimum Gasteiger partial charge on any atom is -0.367 e. The first-order chi connectivity index (χ1) is 12.1. The van der Waals surface area contributed by atoms with Crippen molar-refractivity contribution in [3.05, 3.63) is 45.6 Å². The normalized spacial score (nSPS) is 10.2. The van der Waals surface area contributed by atoms with Crippen molar-refractivity contribution in [2.45, 2.75) is 33.1 Å². The zero-order valence-corrected chi connectivity index (χ0v) is 15.9. The van der Waals surface area contributed by atoms with Gasteiger partial charge in [0.15, 0.2) is 5.82 Å². The molecule has 7 heteroatoms. The lowest BCUT2D eigenvalue weighted by atomic mass is 10.0. The number of aryl methyl sites for hydroxylation is 1. The molecular formula is C18H20BrN5O. The van der Waals surface area contributed by atoms with E-state index < -0.39 is 0 Å². The molecule has 1 aromatic carbocycles. The number of carbonyl (C=O) groups excluding carboxylic acids is 1. The van der Waals surface area contributed by atoms with Gasteiger partial charge in [0, 0.05) is 23.1 Å². The zero-order valence-electron chi connectivity index (χ0n) is 14.3. The maximum atomic E-state index is 12.0. The minimum atomic E-state index is -0.109. The van der Waals surface area contributed by atoms with Crippen LogP contribution in [0.4, 0.5) is 11.5 Å². The number of nitrogens with one attached hydrogen (secondary N) is 2. The highest BCUT2D eigenvalue weighted by molar-refractivity contribution is 9.10. The standard InChI is InChI=1S/C18H20BrN5O/c1-3-14-15(11-20)18(24-23-16(14)4-2)21-10-9-17(25)22-13-7-5-12(19)6-8-13/h5-8H,3-4,9-10H2,1-2H3,(H,21,24)(H,22,25). The first-order valence-electron chi connectivity index (χ1n) is 8.16. The van der Waals surface area contributed by atoms with E-state index in [1.165, 1.54) is 0 Å². The summed E-state index contributed by atoms with van der Waals surface area (Å²) in [5.41, 5.74) is 3.02. The summed E-state index contributed by atoms with van der Waals surface area (Å²) in [5.74, 6) is 0.329. The highest BCUT2D eigenvalue weighted by Crippen LogP contribution is 2.20. The molecule has 2 rings (SSSR count). The van der Waals surface area contributed by atoms with E-state index in [1.54, 1.807) is 0 Å². The van der Waals surface area contributed by atoms with Crippen molar-refractivity contribution in [2.24, 2.45) is 0 Å². The second-order valence-electron chi connectivity index (χ2n) is 5.40. The molecule has 6 nitrogen and oxygen atoms in total. The van der Waals surface area contributed by atoms with Gasteiger partial charge in [0.2, 0.25) is 5.91 Å². The second-order valence-corrected chi connectivity index (χ2v) is 6.32. The molecule has 0 spiro atoms. The van der Waals surface area contributed by atoms with Gasteiger partial charge in [-0.15, -0.1) is 5.10 Å². The van der Waals surface area contributed by atoms with Gasteiger partial charge < -0.3 is 10.6 Å². The van der Waals surface area contributed by atoms with Crippen LogP contribution in [-0.2, 0) is 17.6 Å². The van der Waals surface area contributed by atoms with Crippen molar-refractivity contribution >= 4 is 33.3 Å². The van der Waals surface area contributed by atoms with E-state index in [2.05, 4.69) is 42.8 Å². The molecule has 1 heterocycles. The summed E-state index contributed by atoms with van der Waals surface area (Å²) in [4.78, 5) is 12.0. The third-order valence-electron chi connectivity index (χ3n) is 3.73. The number of anilines is 2. The van der Waals surface area contributed by atoms with Crippen molar-refractivity contribution in [1.82, 2.24) is 10.2 Å². The summed E-state index contributed by atoms with van der Waals surface area (Å²) in [5, 5.41) is 23.6. The number of nitriles is 1. The van der Waals surface area contributed by atoms with Crippen molar-refractivity contribution in [3.63, 3.8) is 0 Å². The quantitative estimate of drug-likeness (QED) is 0.738. The molecular weight excluding hydrogens is 382 g/mol. The molecule has 0 aliphatic heterocycles. The number of hydrogen-bond acceptors (Lipinski definition) is 5. The van der Waals surface area contributed by atoms with Crippen molar-refractivity contribution in [3.8, 4) is 6.07 Å². The number of rotatable bonds is 7. The number of nitrogens with zero attached hydrogens (tertiary/aromatic N) is 3. The number of benzene rings is 1. The Morgan fingerprint density at radius 1 is 1.20 bits per heavy atom. The molecule has 0 saturated carbocycles. The third kappa shape index (κ3) is 5.00. The second kappa shape index (κ2) is 9.14. The van der Waals surface area contributed by atoms with Gasteiger partial charge in [-0.25, -0.2) is 0 Å². The molecule has 0 unspecified atom stereocenters. The Labute approximate surface area is 155 Å². The van der Waals surface area contributed by atoms with Crippen molar-refractivity contribution in [1.29, 1.82) is 5.26 Å². The number of amides is 1. The lowest BCUT2D eigenvalue weighted by molar-refractivity contribution is -0.115. The number of aromatic nitrogens is 2. The van der Waals surface area contributed by atoms with E-state index in [9.17, 15) is 10.1 Å². The summed E-state index contributed by atoms with van der Waals surface area (Å²) in [7, 11) is 0. The average molecular weight is 402 g/mol. The molecule has 0 radical (unpaired) electrons. The van der Waals surface area contributed by atoms with Crippen LogP contribution in [-0.4, -0.2) is 22.6 Å². The fraction of sp³-hybridized carbons (Fsp3) is 0.333. The average Bonchev–Trinajstić information content (AvgIpc) is 2.62. The predicted molar refractivity (Wildman–Crippen MR) is 101 cm³/mol. The molecule has 0 aliphatic rings. The fourth-order valence-corrected chi connectivity index (χ4v) is 2.73. The van der Waals surface area contributed by atoms with Gasteiger partial charge in [-0.2, -0.15) is 10.4 Å². The predicted octanol–water partition coefficient (Wildman–Crippen LogP) is 3.68. The Morgan fingerprint density at radius 3 is 2.52 bits per heavy atom. The zero-order chi connectivity index (χ0) is 18.2. The van der Waals surface area contributed by atoms with E-state index in [1.807, 2.05) is 38.1 Å². The van der Waals surface area contributed by atoms with Gasteiger partial charge in [0.25, 0.3) is 0 Å². The van der Waals surface area contributed by atoms with Crippen LogP contribution in [0.2, 0.25) is 0 Å². The summed E-state index contributed by atoms with van der Waals surface area (Å²) < 4.78 is 0.956. The smallest absolute Gasteiger partial charge is 0.226 e. The fourth-order valence-electron chi connectivity index (χ4n) is 2.47. The SMILES string of the molecule is CCc1nnc(NCCC(=O)Nc2ccc(Br)cc2)c(C#N)c1CC. The van der Waals surface area contributed by atoms with Crippen LogP contribution in [0, 0.1) is 11.3 Å². The molecule has 0 aliphatic carbocycles. The van der Waals surface area contributed by atoms with E-state index in [0.29, 0.717) is 17.9 Å². The third-order valence-corrected chi connectivity index (χ3v) is 4.26. The van der Waals surface area contributed by atoms with Crippen LogP contribution in [0.25, 0.3) is 0 Å². The lowest BCUT2D eigenvalue weighted by Crippen LogP contribution is -2.18. The Hall–Kier alpha value is -2.46. The lowest BCUT2D eigenvalue weighted by Gasteiger charge is -2.12. The molecule has 1 amide bonds. The number of hydrogen-bond donors (Lipinski definition) is 2. The number of carbonyl (C=O) groups is 1. The van der Waals surface area contributed by atoms with Crippen LogP contribution in [0.5, 0.6) is 0 Å². The van der Waals surface area contributed by atoms with Gasteiger partial charge >= 0.3 is 0 Å². The summed E-state index contributed by atoms with van der Waals surface area (Å²) in [6, 6.07) is 9.58. The van der Waals surface area contributed by atoms with E-state index in [0.717, 1.165) is 34.3 Å². The van der Waals surface area contributed by atoms with E-state index >= 15 is 0 Å². The monoisotopic (exact) mass is 401 g/mol. The summed E-state index contributed by atoms with van der Waals surface area (Å²) >= 11 is 3.35. The molecule has 2 aromatic rings.